The van der Waals surface area contributed by atoms with Gasteiger partial charge in [-0.3, -0.25) is 4.68 Å². The molecule has 6 heteroatoms. The molecule has 2 aromatic heterocycles. The summed E-state index contributed by atoms with van der Waals surface area (Å²) in [6, 6.07) is 0. The van der Waals surface area contributed by atoms with Crippen LogP contribution in [0.1, 0.15) is 50.9 Å². The normalized spacial score (nSPS) is 11.7. The minimum absolute atomic E-state index is 0.413. The summed E-state index contributed by atoms with van der Waals surface area (Å²) in [5, 5.41) is 16.3. The van der Waals surface area contributed by atoms with Gasteiger partial charge in [-0.2, -0.15) is 0 Å². The summed E-state index contributed by atoms with van der Waals surface area (Å²) in [6.07, 6.45) is 3.82. The smallest absolute Gasteiger partial charge is 0.0852 e. The summed E-state index contributed by atoms with van der Waals surface area (Å²) >= 11 is 0. The van der Waals surface area contributed by atoms with Gasteiger partial charge < -0.3 is 0 Å². The van der Waals surface area contributed by atoms with Crippen LogP contribution in [0.4, 0.5) is 0 Å². The summed E-state index contributed by atoms with van der Waals surface area (Å²) in [5.74, 6) is 0.846. The molecular weight excluding hydrogens is 228 g/mol. The summed E-state index contributed by atoms with van der Waals surface area (Å²) in [5.41, 5.74) is 2.18. The molecule has 2 heterocycles. The van der Waals surface area contributed by atoms with E-state index in [0.717, 1.165) is 24.5 Å². The SMILES string of the molecule is CC(C)c1cn(CCn2nncc2C(C)C)nn1. The van der Waals surface area contributed by atoms with Crippen molar-refractivity contribution in [2.75, 3.05) is 0 Å². The Morgan fingerprint density at radius 1 is 1.06 bits per heavy atom. The molecule has 0 aliphatic heterocycles. The molecule has 2 aromatic rings. The summed E-state index contributed by atoms with van der Waals surface area (Å²) in [6.45, 7) is 10.0. The molecule has 0 aromatic carbocycles. The predicted octanol–water partition coefficient (Wildman–Crippen LogP) is 1.82. The van der Waals surface area contributed by atoms with E-state index in [9.17, 15) is 0 Å². The highest BCUT2D eigenvalue weighted by molar-refractivity contribution is 5.00. The van der Waals surface area contributed by atoms with E-state index in [1.165, 1.54) is 0 Å². The molecular formula is C12H20N6. The van der Waals surface area contributed by atoms with Gasteiger partial charge >= 0.3 is 0 Å². The molecule has 2 rings (SSSR count). The van der Waals surface area contributed by atoms with Gasteiger partial charge in [-0.05, 0) is 11.8 Å². The molecule has 0 saturated carbocycles. The Hall–Kier alpha value is -1.72. The van der Waals surface area contributed by atoms with Gasteiger partial charge in [0.2, 0.25) is 0 Å². The van der Waals surface area contributed by atoms with Crippen LogP contribution in [0.15, 0.2) is 12.4 Å². The third-order valence-electron chi connectivity index (χ3n) is 2.93. The Bertz CT molecular complexity index is 496. The zero-order valence-corrected chi connectivity index (χ0v) is 11.4. The quantitative estimate of drug-likeness (QED) is 0.809. The molecule has 0 N–H and O–H groups in total. The van der Waals surface area contributed by atoms with E-state index in [2.05, 4.69) is 48.3 Å². The van der Waals surface area contributed by atoms with E-state index in [1.807, 2.05) is 21.8 Å². The fourth-order valence-corrected chi connectivity index (χ4v) is 1.77. The van der Waals surface area contributed by atoms with Crippen molar-refractivity contribution in [1.29, 1.82) is 0 Å². The fourth-order valence-electron chi connectivity index (χ4n) is 1.77. The van der Waals surface area contributed by atoms with E-state index in [4.69, 9.17) is 0 Å². The predicted molar refractivity (Wildman–Crippen MR) is 68.2 cm³/mol. The topological polar surface area (TPSA) is 61.4 Å². The molecule has 98 valence electrons. The first kappa shape index (κ1) is 12.7. The van der Waals surface area contributed by atoms with Crippen LogP contribution in [0, 0.1) is 0 Å². The van der Waals surface area contributed by atoms with E-state index >= 15 is 0 Å². The number of hydrogen-bond donors (Lipinski definition) is 0. The molecule has 0 saturated heterocycles. The van der Waals surface area contributed by atoms with Crippen LogP contribution in [-0.2, 0) is 13.1 Å². The Labute approximate surface area is 107 Å². The van der Waals surface area contributed by atoms with Crippen LogP contribution in [0.3, 0.4) is 0 Å². The van der Waals surface area contributed by atoms with E-state index < -0.39 is 0 Å². The lowest BCUT2D eigenvalue weighted by atomic mass is 10.1. The first-order chi connectivity index (χ1) is 8.58. The summed E-state index contributed by atoms with van der Waals surface area (Å²) in [4.78, 5) is 0. The van der Waals surface area contributed by atoms with E-state index in [-0.39, 0.29) is 0 Å². The van der Waals surface area contributed by atoms with Gasteiger partial charge in [0.05, 0.1) is 30.7 Å². The first-order valence-electron chi connectivity index (χ1n) is 6.36. The highest BCUT2D eigenvalue weighted by Crippen LogP contribution is 2.12. The van der Waals surface area contributed by atoms with Crippen LogP contribution >= 0.6 is 0 Å². The molecule has 0 aliphatic rings. The van der Waals surface area contributed by atoms with Crippen molar-refractivity contribution in [3.05, 3.63) is 23.8 Å². The van der Waals surface area contributed by atoms with Gasteiger partial charge in [-0.25, -0.2) is 4.68 Å². The van der Waals surface area contributed by atoms with Crippen LogP contribution in [0.5, 0.6) is 0 Å². The van der Waals surface area contributed by atoms with Crippen molar-refractivity contribution in [3.8, 4) is 0 Å². The van der Waals surface area contributed by atoms with Crippen molar-refractivity contribution in [1.82, 2.24) is 30.0 Å². The zero-order chi connectivity index (χ0) is 13.1. The Kier molecular flexibility index (Phi) is 3.74. The number of rotatable bonds is 5. The standard InChI is InChI=1S/C12H20N6/c1-9(2)11-8-17(16-14-11)5-6-18-12(10(3)4)7-13-15-18/h7-10H,5-6H2,1-4H3. The highest BCUT2D eigenvalue weighted by Gasteiger charge is 2.09. The molecule has 0 unspecified atom stereocenters. The Balaban J connectivity index is 2.00. The maximum Gasteiger partial charge on any atom is 0.0852 e. The zero-order valence-electron chi connectivity index (χ0n) is 11.4. The minimum Gasteiger partial charge on any atom is -0.250 e. The van der Waals surface area contributed by atoms with Crippen LogP contribution < -0.4 is 0 Å². The van der Waals surface area contributed by atoms with E-state index in [0.29, 0.717) is 11.8 Å². The Morgan fingerprint density at radius 3 is 2.44 bits per heavy atom. The average Bonchev–Trinajstić information content (AvgIpc) is 2.95. The largest absolute Gasteiger partial charge is 0.250 e. The minimum atomic E-state index is 0.413. The third-order valence-corrected chi connectivity index (χ3v) is 2.93. The van der Waals surface area contributed by atoms with E-state index in [1.54, 1.807) is 0 Å². The highest BCUT2D eigenvalue weighted by atomic mass is 15.5. The molecule has 0 spiro atoms. The van der Waals surface area contributed by atoms with Gasteiger partial charge in [-0.1, -0.05) is 38.1 Å². The maximum absolute atomic E-state index is 4.14. The number of nitrogens with zero attached hydrogens (tertiary/aromatic N) is 6. The molecule has 0 bridgehead atoms. The fraction of sp³-hybridized carbons (Fsp3) is 0.667. The molecule has 6 nitrogen and oxygen atoms in total. The molecule has 0 aliphatic carbocycles. The Morgan fingerprint density at radius 2 is 1.83 bits per heavy atom. The van der Waals surface area contributed by atoms with Gasteiger partial charge in [-0.15, -0.1) is 10.2 Å². The lowest BCUT2D eigenvalue weighted by Crippen LogP contribution is -2.12. The van der Waals surface area contributed by atoms with Gasteiger partial charge in [0.15, 0.2) is 0 Å². The second-order valence-electron chi connectivity index (χ2n) is 5.10. The second-order valence-corrected chi connectivity index (χ2v) is 5.10. The van der Waals surface area contributed by atoms with Gasteiger partial charge in [0.1, 0.15) is 0 Å². The molecule has 0 atom stereocenters. The number of aryl methyl sites for hydroxylation is 2. The van der Waals surface area contributed by atoms with Crippen molar-refractivity contribution in [3.63, 3.8) is 0 Å². The van der Waals surface area contributed by atoms with Crippen molar-refractivity contribution in [2.24, 2.45) is 0 Å². The molecule has 0 radical (unpaired) electrons. The van der Waals surface area contributed by atoms with Crippen molar-refractivity contribution >= 4 is 0 Å². The van der Waals surface area contributed by atoms with Gasteiger partial charge in [0, 0.05) is 6.20 Å². The lowest BCUT2D eigenvalue weighted by molar-refractivity contribution is 0.464. The average molecular weight is 248 g/mol. The lowest BCUT2D eigenvalue weighted by Gasteiger charge is -2.08. The van der Waals surface area contributed by atoms with Crippen LogP contribution in [0.2, 0.25) is 0 Å². The summed E-state index contributed by atoms with van der Waals surface area (Å²) in [7, 11) is 0. The van der Waals surface area contributed by atoms with Crippen molar-refractivity contribution < 1.29 is 0 Å². The second kappa shape index (κ2) is 5.29. The third kappa shape index (κ3) is 2.75. The number of aromatic nitrogens is 6. The van der Waals surface area contributed by atoms with Crippen LogP contribution in [-0.4, -0.2) is 30.0 Å². The van der Waals surface area contributed by atoms with Crippen LogP contribution in [0.25, 0.3) is 0 Å². The number of hydrogen-bond acceptors (Lipinski definition) is 4. The summed E-state index contributed by atoms with van der Waals surface area (Å²) < 4.78 is 3.79. The molecule has 0 amide bonds. The van der Waals surface area contributed by atoms with Gasteiger partial charge in [0.25, 0.3) is 0 Å². The molecule has 0 fully saturated rings. The molecule has 18 heavy (non-hydrogen) atoms. The monoisotopic (exact) mass is 248 g/mol. The maximum atomic E-state index is 4.14. The first-order valence-corrected chi connectivity index (χ1v) is 6.36. The van der Waals surface area contributed by atoms with Crippen molar-refractivity contribution in [2.45, 2.75) is 52.6 Å².